The van der Waals surface area contributed by atoms with Crippen LogP contribution in [0, 0.1) is 0 Å². The maximum Gasteiger partial charge on any atom is 0.355 e. The van der Waals surface area contributed by atoms with Crippen LogP contribution in [0.5, 0.6) is 0 Å². The molecule has 0 aromatic heterocycles. The van der Waals surface area contributed by atoms with Gasteiger partial charge in [-0.05, 0) is 18.2 Å². The topological polar surface area (TPSA) is 135 Å². The van der Waals surface area contributed by atoms with Crippen molar-refractivity contribution in [3.05, 3.63) is 35.5 Å². The number of ether oxygens (including phenoxy) is 3. The number of carboxylic acid groups (broad SMARTS) is 1. The van der Waals surface area contributed by atoms with Crippen molar-refractivity contribution in [1.82, 2.24) is 0 Å². The largest absolute Gasteiger partial charge is 0.477 e. The van der Waals surface area contributed by atoms with Gasteiger partial charge in [-0.3, -0.25) is 4.79 Å². The van der Waals surface area contributed by atoms with Gasteiger partial charge in [-0.25, -0.2) is 14.4 Å². The molecule has 0 saturated heterocycles. The first kappa shape index (κ1) is 20.0. The van der Waals surface area contributed by atoms with E-state index < -0.39 is 23.8 Å². The molecule has 0 bridgehead atoms. The number of nitrogens with zero attached hydrogens (tertiary/aromatic N) is 3. The zero-order valence-corrected chi connectivity index (χ0v) is 15.6. The molecule has 0 saturated carbocycles. The van der Waals surface area contributed by atoms with Crippen molar-refractivity contribution < 1.29 is 38.5 Å². The molecule has 1 N–H and O–H groups in total. The summed E-state index contributed by atoms with van der Waals surface area (Å²) in [4.78, 5) is 49.0. The monoisotopic (exact) mass is 403 g/mol. The minimum Gasteiger partial charge on any atom is -0.477 e. The molecule has 2 heterocycles. The Morgan fingerprint density at radius 2 is 1.83 bits per heavy atom. The number of carbonyl (C=O) groups is 4. The first-order chi connectivity index (χ1) is 13.9. The third kappa shape index (κ3) is 3.80. The number of carboxylic acids is 1. The molecule has 1 aromatic rings. The summed E-state index contributed by atoms with van der Waals surface area (Å²) in [6.45, 7) is -0.198. The molecule has 11 heteroatoms. The molecule has 0 radical (unpaired) electrons. The van der Waals surface area contributed by atoms with E-state index in [-0.39, 0.29) is 42.4 Å². The van der Waals surface area contributed by atoms with Gasteiger partial charge >= 0.3 is 17.9 Å². The summed E-state index contributed by atoms with van der Waals surface area (Å²) in [5.74, 6) is -3.28. The summed E-state index contributed by atoms with van der Waals surface area (Å²) in [6, 6.07) is 6.29. The van der Waals surface area contributed by atoms with Crippen molar-refractivity contribution in [2.24, 2.45) is 5.10 Å². The third-order valence-corrected chi connectivity index (χ3v) is 4.24. The number of carbonyl (C=O) groups excluding carboxylic acids is 3. The van der Waals surface area contributed by atoms with Gasteiger partial charge < -0.3 is 24.2 Å². The van der Waals surface area contributed by atoms with E-state index in [0.29, 0.717) is 5.69 Å². The maximum absolute atomic E-state index is 12.4. The second-order valence-electron chi connectivity index (χ2n) is 5.97. The Kier molecular flexibility index (Phi) is 5.59. The molecule has 3 rings (SSSR count). The number of hydrogen-bond acceptors (Lipinski definition) is 9. The summed E-state index contributed by atoms with van der Waals surface area (Å²) in [6.07, 6.45) is -0.327. The molecule has 152 valence electrons. The predicted octanol–water partition coefficient (Wildman–Crippen LogP) is 0.258. The van der Waals surface area contributed by atoms with Crippen LogP contribution in [0.25, 0.3) is 0 Å². The van der Waals surface area contributed by atoms with Crippen LogP contribution in [0.1, 0.15) is 6.42 Å². The van der Waals surface area contributed by atoms with E-state index >= 15 is 0 Å². The number of aliphatic carboxylic acids is 1. The van der Waals surface area contributed by atoms with E-state index in [0.717, 1.165) is 5.01 Å². The van der Waals surface area contributed by atoms with Gasteiger partial charge in [0.1, 0.15) is 12.4 Å². The minimum atomic E-state index is -1.28. The SMILES string of the molecule is COC(=O)C1=C(C(=O)OC)N(c2cccc(N3N=C(C(=O)O)CC3=O)c2)COC1. The number of esters is 2. The van der Waals surface area contributed by atoms with Crippen LogP contribution in [0.4, 0.5) is 11.4 Å². The van der Waals surface area contributed by atoms with Crippen LogP contribution < -0.4 is 9.91 Å². The van der Waals surface area contributed by atoms with Crippen LogP contribution in [-0.4, -0.2) is 62.2 Å². The Bertz CT molecular complexity index is 952. The van der Waals surface area contributed by atoms with Crippen molar-refractivity contribution >= 4 is 40.9 Å². The lowest BCUT2D eigenvalue weighted by Crippen LogP contribution is -2.38. The lowest BCUT2D eigenvalue weighted by molar-refractivity contribution is -0.140. The first-order valence-electron chi connectivity index (χ1n) is 8.36. The number of anilines is 2. The maximum atomic E-state index is 12.4. The zero-order chi connectivity index (χ0) is 21.1. The molecular weight excluding hydrogens is 386 g/mol. The molecule has 0 atom stereocenters. The van der Waals surface area contributed by atoms with Gasteiger partial charge in [-0.1, -0.05) is 6.07 Å². The number of hydrogen-bond donors (Lipinski definition) is 1. The highest BCUT2D eigenvalue weighted by Gasteiger charge is 2.33. The van der Waals surface area contributed by atoms with E-state index in [4.69, 9.17) is 19.3 Å². The standard InChI is InChI=1S/C18H17N3O8/c1-27-17(25)12-8-29-9-20(15(12)18(26)28-2)10-4-3-5-11(6-10)21-14(22)7-13(19-21)16(23)24/h3-6H,7-9H2,1-2H3,(H,23,24). The average Bonchev–Trinajstić information content (AvgIpc) is 3.14. The molecule has 2 aliphatic heterocycles. The van der Waals surface area contributed by atoms with Gasteiger partial charge in [0.25, 0.3) is 5.91 Å². The predicted molar refractivity (Wildman–Crippen MR) is 98.0 cm³/mol. The molecule has 0 aliphatic carbocycles. The van der Waals surface area contributed by atoms with Gasteiger partial charge in [0.05, 0.1) is 38.5 Å². The molecule has 0 fully saturated rings. The molecule has 1 aromatic carbocycles. The van der Waals surface area contributed by atoms with Crippen molar-refractivity contribution in [1.29, 1.82) is 0 Å². The molecule has 0 unspecified atom stereocenters. The van der Waals surface area contributed by atoms with Gasteiger partial charge in [-0.15, -0.1) is 0 Å². The Morgan fingerprint density at radius 1 is 1.14 bits per heavy atom. The Morgan fingerprint density at radius 3 is 2.45 bits per heavy atom. The van der Waals surface area contributed by atoms with E-state index in [2.05, 4.69) is 5.10 Å². The fourth-order valence-electron chi connectivity index (χ4n) is 2.89. The van der Waals surface area contributed by atoms with E-state index in [1.807, 2.05) is 0 Å². The van der Waals surface area contributed by atoms with Crippen molar-refractivity contribution in [2.75, 3.05) is 37.5 Å². The van der Waals surface area contributed by atoms with Gasteiger partial charge in [0.2, 0.25) is 0 Å². The van der Waals surface area contributed by atoms with Crippen LogP contribution in [0.2, 0.25) is 0 Å². The highest BCUT2D eigenvalue weighted by Crippen LogP contribution is 2.31. The van der Waals surface area contributed by atoms with Crippen molar-refractivity contribution in [3.8, 4) is 0 Å². The molecule has 2 aliphatic rings. The summed E-state index contributed by atoms with van der Waals surface area (Å²) in [5, 5.41) is 13.8. The van der Waals surface area contributed by atoms with Crippen molar-refractivity contribution in [2.45, 2.75) is 6.42 Å². The number of methoxy groups -OCH3 is 2. The van der Waals surface area contributed by atoms with Gasteiger partial charge in [0.15, 0.2) is 5.71 Å². The van der Waals surface area contributed by atoms with Gasteiger partial charge in [-0.2, -0.15) is 10.1 Å². The number of hydrazone groups is 1. The van der Waals surface area contributed by atoms with E-state index in [1.54, 1.807) is 18.2 Å². The van der Waals surface area contributed by atoms with Crippen molar-refractivity contribution in [3.63, 3.8) is 0 Å². The minimum absolute atomic E-state index is 0.0144. The average molecular weight is 403 g/mol. The Labute approximate surface area is 164 Å². The molecule has 11 nitrogen and oxygen atoms in total. The van der Waals surface area contributed by atoms with E-state index in [1.165, 1.54) is 25.2 Å². The fraction of sp³-hybridized carbons (Fsp3) is 0.278. The summed E-state index contributed by atoms with van der Waals surface area (Å²) < 4.78 is 14.9. The lowest BCUT2D eigenvalue weighted by atomic mass is 10.1. The zero-order valence-electron chi connectivity index (χ0n) is 15.6. The normalized spacial score (nSPS) is 16.6. The van der Waals surface area contributed by atoms with Crippen LogP contribution in [0.3, 0.4) is 0 Å². The molecule has 0 spiro atoms. The number of amides is 1. The first-order valence-corrected chi connectivity index (χ1v) is 8.36. The van der Waals surface area contributed by atoms with Crippen LogP contribution in [0.15, 0.2) is 40.6 Å². The van der Waals surface area contributed by atoms with E-state index in [9.17, 15) is 19.2 Å². The highest BCUT2D eigenvalue weighted by atomic mass is 16.5. The summed E-state index contributed by atoms with van der Waals surface area (Å²) >= 11 is 0. The molecule has 1 amide bonds. The van der Waals surface area contributed by atoms with Gasteiger partial charge in [0, 0.05) is 5.69 Å². The molecular formula is C18H17N3O8. The lowest BCUT2D eigenvalue weighted by Gasteiger charge is -2.31. The van der Waals surface area contributed by atoms with Crippen LogP contribution in [-0.2, 0) is 33.4 Å². The fourth-order valence-corrected chi connectivity index (χ4v) is 2.89. The highest BCUT2D eigenvalue weighted by molar-refractivity contribution is 6.42. The Balaban J connectivity index is 2.03. The quantitative estimate of drug-likeness (QED) is 0.687. The number of rotatable bonds is 5. The Hall–Kier alpha value is -3.73. The smallest absolute Gasteiger partial charge is 0.355 e. The molecule has 29 heavy (non-hydrogen) atoms. The number of benzene rings is 1. The van der Waals surface area contributed by atoms with Crippen LogP contribution >= 0.6 is 0 Å². The summed E-state index contributed by atoms with van der Waals surface area (Å²) in [7, 11) is 2.36. The second kappa shape index (κ2) is 8.10. The second-order valence-corrected chi connectivity index (χ2v) is 5.97. The summed E-state index contributed by atoms with van der Waals surface area (Å²) in [5.41, 5.74) is 0.350. The third-order valence-electron chi connectivity index (χ3n) is 4.24.